The van der Waals surface area contributed by atoms with Gasteiger partial charge in [-0.15, -0.1) is 11.3 Å². The summed E-state index contributed by atoms with van der Waals surface area (Å²) >= 11 is 1.78. The molecule has 1 saturated heterocycles. The van der Waals surface area contributed by atoms with Crippen molar-refractivity contribution in [3.8, 4) is 0 Å². The molecule has 4 heteroatoms. The van der Waals surface area contributed by atoms with Crippen LogP contribution in [0.15, 0.2) is 12.1 Å². The predicted octanol–water partition coefficient (Wildman–Crippen LogP) is 1.77. The van der Waals surface area contributed by atoms with Crippen LogP contribution in [0, 0.1) is 6.92 Å². The lowest BCUT2D eigenvalue weighted by atomic mass is 10.2. The zero-order valence-corrected chi connectivity index (χ0v) is 10.6. The Morgan fingerprint density at radius 1 is 1.56 bits per heavy atom. The number of thiophene rings is 1. The van der Waals surface area contributed by atoms with Crippen LogP contribution in [0.3, 0.4) is 0 Å². The third-order valence-corrected chi connectivity index (χ3v) is 3.88. The second-order valence-corrected chi connectivity index (χ2v) is 5.54. The van der Waals surface area contributed by atoms with Crippen LogP contribution in [0.1, 0.15) is 23.1 Å². The fraction of sp³-hybridized carbons (Fsp3) is 0.583. The maximum atomic E-state index is 12.0. The Labute approximate surface area is 100 Å². The van der Waals surface area contributed by atoms with E-state index in [1.807, 2.05) is 11.8 Å². The molecule has 1 aliphatic rings. The van der Waals surface area contributed by atoms with Crippen molar-refractivity contribution in [2.45, 2.75) is 32.9 Å². The van der Waals surface area contributed by atoms with E-state index in [1.165, 1.54) is 9.75 Å². The van der Waals surface area contributed by atoms with Gasteiger partial charge in [0.25, 0.3) is 0 Å². The number of nitrogens with one attached hydrogen (secondary N) is 1. The van der Waals surface area contributed by atoms with Gasteiger partial charge < -0.3 is 10.2 Å². The van der Waals surface area contributed by atoms with Gasteiger partial charge in [-0.05, 0) is 32.0 Å². The number of carbonyl (C=O) groups excluding carboxylic acids is 1. The van der Waals surface area contributed by atoms with Gasteiger partial charge in [-0.2, -0.15) is 0 Å². The lowest BCUT2D eigenvalue weighted by Gasteiger charge is -2.15. The van der Waals surface area contributed by atoms with Gasteiger partial charge in [0.1, 0.15) is 0 Å². The van der Waals surface area contributed by atoms with Crippen LogP contribution in [-0.2, 0) is 11.3 Å². The van der Waals surface area contributed by atoms with Crippen LogP contribution >= 0.6 is 11.3 Å². The third kappa shape index (κ3) is 2.44. The normalized spacial score (nSPS) is 20.8. The third-order valence-electron chi connectivity index (χ3n) is 2.89. The van der Waals surface area contributed by atoms with Gasteiger partial charge in [-0.1, -0.05) is 6.92 Å². The largest absolute Gasteiger partial charge is 0.336 e. The van der Waals surface area contributed by atoms with Gasteiger partial charge in [-0.25, -0.2) is 0 Å². The number of amides is 1. The number of hydrogen-bond acceptors (Lipinski definition) is 3. The molecule has 0 radical (unpaired) electrons. The Morgan fingerprint density at radius 3 is 3.00 bits per heavy atom. The lowest BCUT2D eigenvalue weighted by molar-refractivity contribution is -0.129. The summed E-state index contributed by atoms with van der Waals surface area (Å²) in [6, 6.07) is 4.28. The second kappa shape index (κ2) is 4.97. The summed E-state index contributed by atoms with van der Waals surface area (Å²) in [7, 11) is 0. The monoisotopic (exact) mass is 238 g/mol. The van der Waals surface area contributed by atoms with Crippen molar-refractivity contribution in [3.05, 3.63) is 21.9 Å². The van der Waals surface area contributed by atoms with Crippen molar-refractivity contribution in [2.75, 3.05) is 13.1 Å². The lowest BCUT2D eigenvalue weighted by Crippen LogP contribution is -2.37. The summed E-state index contributed by atoms with van der Waals surface area (Å²) in [5.74, 6) is 0.257. The molecular formula is C12H18N2OS. The summed E-state index contributed by atoms with van der Waals surface area (Å²) < 4.78 is 0. The zero-order chi connectivity index (χ0) is 11.5. The molecule has 0 bridgehead atoms. The molecule has 88 valence electrons. The van der Waals surface area contributed by atoms with Gasteiger partial charge in [-0.3, -0.25) is 4.79 Å². The Bertz CT molecular complexity index is 375. The highest BCUT2D eigenvalue weighted by molar-refractivity contribution is 7.11. The van der Waals surface area contributed by atoms with Crippen molar-refractivity contribution in [1.29, 1.82) is 0 Å². The van der Waals surface area contributed by atoms with Crippen LogP contribution in [0.5, 0.6) is 0 Å². The van der Waals surface area contributed by atoms with E-state index in [-0.39, 0.29) is 11.9 Å². The molecule has 0 aliphatic carbocycles. The molecule has 1 amide bonds. The van der Waals surface area contributed by atoms with Crippen molar-refractivity contribution in [1.82, 2.24) is 10.2 Å². The summed E-state index contributed by atoms with van der Waals surface area (Å²) in [4.78, 5) is 16.5. The number of hydrogen-bond donors (Lipinski definition) is 1. The van der Waals surface area contributed by atoms with E-state index < -0.39 is 0 Å². The van der Waals surface area contributed by atoms with E-state index in [1.54, 1.807) is 11.3 Å². The number of nitrogens with zero attached hydrogens (tertiary/aromatic N) is 1. The SMILES string of the molecule is CCNC1CCN(Cc2ccc(C)s2)C1=O. The van der Waals surface area contributed by atoms with E-state index in [0.29, 0.717) is 0 Å². The maximum Gasteiger partial charge on any atom is 0.240 e. The van der Waals surface area contributed by atoms with Gasteiger partial charge in [0, 0.05) is 16.3 Å². The molecule has 2 heterocycles. The average Bonchev–Trinajstić information content (AvgIpc) is 2.80. The van der Waals surface area contributed by atoms with E-state index in [0.717, 1.165) is 26.1 Å². The van der Waals surface area contributed by atoms with Gasteiger partial charge >= 0.3 is 0 Å². The maximum absolute atomic E-state index is 12.0. The number of carbonyl (C=O) groups is 1. The van der Waals surface area contributed by atoms with Crippen LogP contribution in [-0.4, -0.2) is 29.9 Å². The molecule has 1 aromatic heterocycles. The molecule has 1 fully saturated rings. The van der Waals surface area contributed by atoms with Crippen LogP contribution in [0.4, 0.5) is 0 Å². The standard InChI is InChI=1S/C12H18N2OS/c1-3-13-11-6-7-14(12(11)15)8-10-5-4-9(2)16-10/h4-5,11,13H,3,6-8H2,1-2H3. The Kier molecular flexibility index (Phi) is 3.61. The first-order valence-electron chi connectivity index (χ1n) is 5.78. The predicted molar refractivity (Wildman–Crippen MR) is 66.6 cm³/mol. The number of likely N-dealkylation sites (N-methyl/N-ethyl adjacent to an activating group) is 1. The topological polar surface area (TPSA) is 32.3 Å². The summed E-state index contributed by atoms with van der Waals surface area (Å²) in [6.07, 6.45) is 0.941. The fourth-order valence-corrected chi connectivity index (χ4v) is 3.00. The van der Waals surface area contributed by atoms with Crippen molar-refractivity contribution < 1.29 is 4.79 Å². The molecule has 3 nitrogen and oxygen atoms in total. The van der Waals surface area contributed by atoms with Crippen molar-refractivity contribution in [3.63, 3.8) is 0 Å². The van der Waals surface area contributed by atoms with Crippen LogP contribution in [0.2, 0.25) is 0 Å². The van der Waals surface area contributed by atoms with E-state index >= 15 is 0 Å². The minimum atomic E-state index is 0.0473. The molecule has 0 aromatic carbocycles. The van der Waals surface area contributed by atoms with Crippen LogP contribution < -0.4 is 5.32 Å². The highest BCUT2D eigenvalue weighted by Gasteiger charge is 2.30. The summed E-state index contributed by atoms with van der Waals surface area (Å²) in [6.45, 7) is 6.66. The number of rotatable bonds is 4. The minimum Gasteiger partial charge on any atom is -0.336 e. The quantitative estimate of drug-likeness (QED) is 0.867. The number of aryl methyl sites for hydroxylation is 1. The Balaban J connectivity index is 1.94. The molecule has 1 atom stereocenters. The summed E-state index contributed by atoms with van der Waals surface area (Å²) in [5, 5.41) is 3.23. The van der Waals surface area contributed by atoms with Crippen molar-refractivity contribution >= 4 is 17.2 Å². The first-order chi connectivity index (χ1) is 7.70. The van der Waals surface area contributed by atoms with Gasteiger partial charge in [0.15, 0.2) is 0 Å². The fourth-order valence-electron chi connectivity index (χ4n) is 2.09. The van der Waals surface area contributed by atoms with E-state index in [2.05, 4.69) is 24.4 Å². The smallest absolute Gasteiger partial charge is 0.240 e. The van der Waals surface area contributed by atoms with Gasteiger partial charge in [0.05, 0.1) is 12.6 Å². The van der Waals surface area contributed by atoms with Crippen molar-refractivity contribution in [2.24, 2.45) is 0 Å². The summed E-state index contributed by atoms with van der Waals surface area (Å²) in [5.41, 5.74) is 0. The molecule has 1 aliphatic heterocycles. The molecule has 0 spiro atoms. The molecule has 1 aromatic rings. The molecule has 2 rings (SSSR count). The van der Waals surface area contributed by atoms with Crippen LogP contribution in [0.25, 0.3) is 0 Å². The molecule has 0 saturated carbocycles. The highest BCUT2D eigenvalue weighted by atomic mass is 32.1. The molecule has 1 unspecified atom stereocenters. The second-order valence-electron chi connectivity index (χ2n) is 4.17. The Morgan fingerprint density at radius 2 is 2.38 bits per heavy atom. The minimum absolute atomic E-state index is 0.0473. The van der Waals surface area contributed by atoms with Gasteiger partial charge in [0.2, 0.25) is 5.91 Å². The first-order valence-corrected chi connectivity index (χ1v) is 6.60. The van der Waals surface area contributed by atoms with E-state index in [4.69, 9.17) is 0 Å². The van der Waals surface area contributed by atoms with E-state index in [9.17, 15) is 4.79 Å². The zero-order valence-electron chi connectivity index (χ0n) is 9.82. The molecule has 16 heavy (non-hydrogen) atoms. The molecular weight excluding hydrogens is 220 g/mol. The number of likely N-dealkylation sites (tertiary alicyclic amines) is 1. The first kappa shape index (κ1) is 11.6. The molecule has 1 N–H and O–H groups in total. The Hall–Kier alpha value is -0.870. The average molecular weight is 238 g/mol. The highest BCUT2D eigenvalue weighted by Crippen LogP contribution is 2.20.